The van der Waals surface area contributed by atoms with Gasteiger partial charge in [0.05, 0.1) is 5.56 Å². The summed E-state index contributed by atoms with van der Waals surface area (Å²) in [6.45, 7) is 0.0146. The average Bonchev–Trinajstić information content (AvgIpc) is 2.14. The second kappa shape index (κ2) is 4.48. The lowest BCUT2D eigenvalue weighted by Gasteiger charge is -2.08. The summed E-state index contributed by atoms with van der Waals surface area (Å²) in [5.74, 6) is 0.302. The highest BCUT2D eigenvalue weighted by Gasteiger charge is 2.29. The van der Waals surface area contributed by atoms with E-state index in [1.54, 1.807) is 0 Å². The topological polar surface area (TPSA) is 35.2 Å². The lowest BCUT2D eigenvalue weighted by atomic mass is 10.2. The van der Waals surface area contributed by atoms with Gasteiger partial charge in [0, 0.05) is 0 Å². The summed E-state index contributed by atoms with van der Waals surface area (Å²) in [6, 6.07) is 4.33. The summed E-state index contributed by atoms with van der Waals surface area (Å²) in [6.07, 6.45) is -4.33. The molecule has 0 aromatic heterocycles. The molecule has 15 heavy (non-hydrogen) atoms. The van der Waals surface area contributed by atoms with Crippen molar-refractivity contribution in [1.82, 2.24) is 0 Å². The molecule has 0 saturated carbocycles. The van der Waals surface area contributed by atoms with E-state index in [1.807, 2.05) is 0 Å². The van der Waals surface area contributed by atoms with Crippen LogP contribution < -0.4 is 10.5 Å². The van der Waals surface area contributed by atoms with Crippen LogP contribution in [0.4, 0.5) is 13.2 Å². The molecule has 6 heteroatoms. The molecule has 1 aromatic rings. The van der Waals surface area contributed by atoms with E-state index >= 15 is 0 Å². The zero-order valence-corrected chi connectivity index (χ0v) is 8.36. The highest BCUT2D eigenvalue weighted by Crippen LogP contribution is 2.30. The Morgan fingerprint density at radius 2 is 1.80 bits per heavy atom. The zero-order valence-electron chi connectivity index (χ0n) is 7.54. The standard InChI is InChI=1S/C9H8F3NOS/c10-9(11,12)6-1-3-7(4-2-6)14-5-8(13)15/h1-4H,5H2,(H2,13,15). The van der Waals surface area contributed by atoms with Crippen molar-refractivity contribution in [2.75, 3.05) is 6.61 Å². The number of halogens is 3. The van der Waals surface area contributed by atoms with E-state index in [2.05, 4.69) is 12.2 Å². The Kier molecular flexibility index (Phi) is 3.52. The minimum absolute atomic E-state index is 0.0146. The Balaban J connectivity index is 2.69. The summed E-state index contributed by atoms with van der Waals surface area (Å²) in [5.41, 5.74) is 4.45. The maximum absolute atomic E-state index is 12.2. The molecule has 0 radical (unpaired) electrons. The van der Waals surface area contributed by atoms with Gasteiger partial charge in [-0.1, -0.05) is 12.2 Å². The normalized spacial score (nSPS) is 11.1. The van der Waals surface area contributed by atoms with Crippen LogP contribution in [0.3, 0.4) is 0 Å². The third kappa shape index (κ3) is 3.75. The molecule has 0 atom stereocenters. The molecule has 1 aromatic carbocycles. The highest BCUT2D eigenvalue weighted by atomic mass is 32.1. The summed E-state index contributed by atoms with van der Waals surface area (Å²) < 4.78 is 41.5. The van der Waals surface area contributed by atoms with Crippen LogP contribution in [-0.2, 0) is 6.18 Å². The van der Waals surface area contributed by atoms with Gasteiger partial charge < -0.3 is 10.5 Å². The van der Waals surface area contributed by atoms with Crippen molar-refractivity contribution in [3.05, 3.63) is 29.8 Å². The van der Waals surface area contributed by atoms with Crippen LogP contribution in [0.1, 0.15) is 5.56 Å². The first kappa shape index (κ1) is 11.8. The van der Waals surface area contributed by atoms with Crippen LogP contribution in [0.15, 0.2) is 24.3 Å². The van der Waals surface area contributed by atoms with Crippen molar-refractivity contribution in [3.63, 3.8) is 0 Å². The van der Waals surface area contributed by atoms with Crippen LogP contribution in [-0.4, -0.2) is 11.6 Å². The Morgan fingerprint density at radius 1 is 1.27 bits per heavy atom. The van der Waals surface area contributed by atoms with E-state index in [1.165, 1.54) is 12.1 Å². The molecule has 0 aliphatic rings. The number of benzene rings is 1. The number of alkyl halides is 3. The fourth-order valence-electron chi connectivity index (χ4n) is 0.895. The molecule has 0 unspecified atom stereocenters. The lowest BCUT2D eigenvalue weighted by molar-refractivity contribution is -0.137. The first-order chi connectivity index (χ1) is 6.89. The van der Waals surface area contributed by atoms with Gasteiger partial charge in [0.25, 0.3) is 0 Å². The molecule has 0 aliphatic carbocycles. The van der Waals surface area contributed by atoms with E-state index in [4.69, 9.17) is 10.5 Å². The van der Waals surface area contributed by atoms with Crippen LogP contribution in [0.25, 0.3) is 0 Å². The van der Waals surface area contributed by atoms with Crippen molar-refractivity contribution in [3.8, 4) is 5.75 Å². The quantitative estimate of drug-likeness (QED) is 0.817. The summed E-state index contributed by atoms with van der Waals surface area (Å²) in [7, 11) is 0. The molecule has 2 nitrogen and oxygen atoms in total. The Hall–Kier alpha value is -1.30. The number of thiocarbonyl (C=S) groups is 1. The molecule has 0 aliphatic heterocycles. The highest BCUT2D eigenvalue weighted by molar-refractivity contribution is 7.80. The monoisotopic (exact) mass is 235 g/mol. The van der Waals surface area contributed by atoms with Gasteiger partial charge in [-0.25, -0.2) is 0 Å². The molecule has 0 spiro atoms. The van der Waals surface area contributed by atoms with Crippen molar-refractivity contribution in [1.29, 1.82) is 0 Å². The molecule has 1 rings (SSSR count). The van der Waals surface area contributed by atoms with Crippen LogP contribution in [0.2, 0.25) is 0 Å². The Morgan fingerprint density at radius 3 is 2.20 bits per heavy atom. The van der Waals surface area contributed by atoms with Crippen LogP contribution >= 0.6 is 12.2 Å². The maximum atomic E-state index is 12.2. The predicted molar refractivity (Wildman–Crippen MR) is 53.7 cm³/mol. The van der Waals surface area contributed by atoms with Crippen LogP contribution in [0, 0.1) is 0 Å². The van der Waals surface area contributed by atoms with Crippen molar-refractivity contribution in [2.45, 2.75) is 6.18 Å². The molecule has 0 bridgehead atoms. The van der Waals surface area contributed by atoms with Gasteiger partial charge in [0.15, 0.2) is 0 Å². The number of hydrogen-bond donors (Lipinski definition) is 1. The Labute approximate surface area is 89.8 Å². The fraction of sp³-hybridized carbons (Fsp3) is 0.222. The number of nitrogens with two attached hydrogens (primary N) is 1. The Bertz CT molecular complexity index is 347. The molecule has 0 saturated heterocycles. The van der Waals surface area contributed by atoms with Gasteiger partial charge in [-0.3, -0.25) is 0 Å². The molecule has 2 N–H and O–H groups in total. The molecule has 0 heterocycles. The van der Waals surface area contributed by atoms with E-state index in [0.29, 0.717) is 5.75 Å². The molecule has 0 amide bonds. The van der Waals surface area contributed by atoms with Gasteiger partial charge in [-0.15, -0.1) is 0 Å². The molecular formula is C9H8F3NOS. The third-order valence-corrected chi connectivity index (χ3v) is 1.68. The first-order valence-electron chi connectivity index (χ1n) is 3.98. The van der Waals surface area contributed by atoms with Gasteiger partial charge in [0.2, 0.25) is 0 Å². The number of hydrogen-bond acceptors (Lipinski definition) is 2. The first-order valence-corrected chi connectivity index (χ1v) is 4.39. The minimum atomic E-state index is -4.33. The summed E-state index contributed by atoms with van der Waals surface area (Å²) >= 11 is 4.55. The lowest BCUT2D eigenvalue weighted by Crippen LogP contribution is -2.17. The fourth-order valence-corrected chi connectivity index (χ4v) is 0.954. The van der Waals surface area contributed by atoms with Crippen molar-refractivity contribution in [2.24, 2.45) is 5.73 Å². The zero-order chi connectivity index (χ0) is 11.5. The summed E-state index contributed by atoms with van der Waals surface area (Å²) in [5, 5.41) is 0. The summed E-state index contributed by atoms with van der Waals surface area (Å²) in [4.78, 5) is 0.148. The number of rotatable bonds is 3. The van der Waals surface area contributed by atoms with Gasteiger partial charge >= 0.3 is 6.18 Å². The third-order valence-electron chi connectivity index (χ3n) is 1.56. The smallest absolute Gasteiger partial charge is 0.416 e. The second-order valence-corrected chi connectivity index (χ2v) is 3.30. The largest absolute Gasteiger partial charge is 0.487 e. The second-order valence-electron chi connectivity index (χ2n) is 2.78. The van der Waals surface area contributed by atoms with E-state index in [0.717, 1.165) is 12.1 Å². The van der Waals surface area contributed by atoms with Crippen LogP contribution in [0.5, 0.6) is 5.75 Å². The van der Waals surface area contributed by atoms with Gasteiger partial charge in [-0.2, -0.15) is 13.2 Å². The minimum Gasteiger partial charge on any atom is -0.487 e. The SMILES string of the molecule is NC(=S)COc1ccc(C(F)(F)F)cc1. The van der Waals surface area contributed by atoms with Gasteiger partial charge in [-0.05, 0) is 24.3 Å². The van der Waals surface area contributed by atoms with Crippen molar-refractivity contribution >= 4 is 17.2 Å². The van der Waals surface area contributed by atoms with Gasteiger partial charge in [0.1, 0.15) is 17.3 Å². The van der Waals surface area contributed by atoms with E-state index in [-0.39, 0.29) is 11.6 Å². The molecule has 82 valence electrons. The average molecular weight is 235 g/mol. The number of ether oxygens (including phenoxy) is 1. The molecule has 0 fully saturated rings. The van der Waals surface area contributed by atoms with E-state index in [9.17, 15) is 13.2 Å². The predicted octanol–water partition coefficient (Wildman–Crippen LogP) is 2.37. The van der Waals surface area contributed by atoms with E-state index < -0.39 is 11.7 Å². The maximum Gasteiger partial charge on any atom is 0.416 e. The molecular weight excluding hydrogens is 227 g/mol. The van der Waals surface area contributed by atoms with Crippen molar-refractivity contribution < 1.29 is 17.9 Å².